The second-order valence-electron chi connectivity index (χ2n) is 6.40. The van der Waals surface area contributed by atoms with Crippen molar-refractivity contribution in [1.82, 2.24) is 9.78 Å². The second kappa shape index (κ2) is 7.16. The van der Waals surface area contributed by atoms with Gasteiger partial charge in [-0.05, 0) is 55.6 Å². The molecule has 7 nitrogen and oxygen atoms in total. The van der Waals surface area contributed by atoms with Crippen molar-refractivity contribution in [2.45, 2.75) is 19.4 Å². The number of anilines is 1. The number of aromatic nitrogens is 2. The Morgan fingerprint density at radius 2 is 1.81 bits per heavy atom. The number of thiophene rings is 1. The molecule has 0 saturated heterocycles. The number of nitrogens with two attached hydrogens (primary N) is 1. The Balaban J connectivity index is 1.89. The molecule has 2 amide bonds. The summed E-state index contributed by atoms with van der Waals surface area (Å²) in [5.41, 5.74) is 5.05. The topological polar surface area (TPSA) is 107 Å². The van der Waals surface area contributed by atoms with Gasteiger partial charge in [-0.1, -0.05) is 6.07 Å². The quantitative estimate of drug-likeness (QED) is 0.707. The Hall–Kier alpha value is -3.26. The van der Waals surface area contributed by atoms with Crippen molar-refractivity contribution in [3.8, 4) is 10.6 Å². The van der Waals surface area contributed by atoms with Crippen LogP contribution >= 0.6 is 11.3 Å². The van der Waals surface area contributed by atoms with Crippen LogP contribution in [0.1, 0.15) is 24.2 Å². The van der Waals surface area contributed by atoms with E-state index >= 15 is 0 Å². The molecule has 2 heterocycles. The van der Waals surface area contributed by atoms with Crippen LogP contribution in [-0.4, -0.2) is 21.6 Å². The smallest absolute Gasteiger partial charge is 0.267 e. The van der Waals surface area contributed by atoms with Crippen molar-refractivity contribution in [2.75, 3.05) is 5.32 Å². The number of amides is 2. The number of primary amides is 1. The van der Waals surface area contributed by atoms with Crippen molar-refractivity contribution >= 4 is 28.8 Å². The first-order chi connectivity index (χ1) is 12.8. The number of hydrogen-bond donors (Lipinski definition) is 2. The van der Waals surface area contributed by atoms with Crippen molar-refractivity contribution in [1.29, 1.82) is 0 Å². The van der Waals surface area contributed by atoms with Gasteiger partial charge in [-0.25, -0.2) is 4.68 Å². The number of rotatable bonds is 5. The lowest BCUT2D eigenvalue weighted by atomic mass is 10.0. The van der Waals surface area contributed by atoms with Crippen LogP contribution in [-0.2, 0) is 10.3 Å². The minimum Gasteiger partial charge on any atom is -0.366 e. The first-order valence-corrected chi connectivity index (χ1v) is 9.03. The number of nitrogens with zero attached hydrogens (tertiary/aromatic N) is 2. The van der Waals surface area contributed by atoms with Crippen LogP contribution in [0.2, 0.25) is 0 Å². The van der Waals surface area contributed by atoms with Gasteiger partial charge in [-0.15, -0.1) is 11.3 Å². The molecule has 0 aliphatic heterocycles. The molecule has 0 fully saturated rings. The summed E-state index contributed by atoms with van der Waals surface area (Å²) in [6.07, 6.45) is 0. The molecule has 0 aliphatic carbocycles. The summed E-state index contributed by atoms with van der Waals surface area (Å²) in [4.78, 5) is 37.2. The van der Waals surface area contributed by atoms with Gasteiger partial charge in [0, 0.05) is 17.3 Å². The number of hydrogen-bond acceptors (Lipinski definition) is 5. The molecular formula is C19H18N4O3S. The molecule has 27 heavy (non-hydrogen) atoms. The number of carbonyl (C=O) groups is 2. The van der Waals surface area contributed by atoms with E-state index in [-0.39, 0.29) is 5.56 Å². The Kier molecular flexibility index (Phi) is 4.91. The maximum atomic E-state index is 12.8. The maximum absolute atomic E-state index is 12.8. The molecule has 0 atom stereocenters. The van der Waals surface area contributed by atoms with Crippen LogP contribution in [0.4, 0.5) is 5.69 Å². The molecule has 3 aromatic rings. The van der Waals surface area contributed by atoms with E-state index in [0.29, 0.717) is 16.9 Å². The minimum atomic E-state index is -1.23. The Morgan fingerprint density at radius 1 is 1.11 bits per heavy atom. The average molecular weight is 382 g/mol. The standard InChI is InChI=1S/C19H18N4O3S/c1-19(2,18(26)21-13-7-5-12(6-8-13)17(20)25)23-16(24)10-9-14(22-23)15-4-3-11-27-15/h3-11H,1-2H3,(H2,20,25)(H,21,26). The molecule has 1 aromatic carbocycles. The zero-order valence-electron chi connectivity index (χ0n) is 14.8. The minimum absolute atomic E-state index is 0.341. The zero-order valence-corrected chi connectivity index (χ0v) is 15.6. The largest absolute Gasteiger partial charge is 0.366 e. The van der Waals surface area contributed by atoms with Crippen LogP contribution in [0.3, 0.4) is 0 Å². The summed E-state index contributed by atoms with van der Waals surface area (Å²) in [7, 11) is 0. The summed E-state index contributed by atoms with van der Waals surface area (Å²) >= 11 is 1.50. The maximum Gasteiger partial charge on any atom is 0.267 e. The Morgan fingerprint density at radius 3 is 2.41 bits per heavy atom. The van der Waals surface area contributed by atoms with Crippen molar-refractivity contribution in [3.63, 3.8) is 0 Å². The van der Waals surface area contributed by atoms with E-state index in [1.54, 1.807) is 32.0 Å². The van der Waals surface area contributed by atoms with Gasteiger partial charge in [0.25, 0.3) is 11.5 Å². The van der Waals surface area contributed by atoms with Crippen LogP contribution in [0, 0.1) is 0 Å². The normalized spacial score (nSPS) is 11.2. The molecule has 138 valence electrons. The molecule has 0 aliphatic rings. The van der Waals surface area contributed by atoms with Crippen LogP contribution < -0.4 is 16.6 Å². The fourth-order valence-electron chi connectivity index (χ4n) is 2.47. The molecule has 0 radical (unpaired) electrons. The van der Waals surface area contributed by atoms with Gasteiger partial charge in [0.15, 0.2) is 0 Å². The highest BCUT2D eigenvalue weighted by Crippen LogP contribution is 2.23. The highest BCUT2D eigenvalue weighted by Gasteiger charge is 2.32. The van der Waals surface area contributed by atoms with E-state index in [2.05, 4.69) is 10.4 Å². The summed E-state index contributed by atoms with van der Waals surface area (Å²) in [5.74, 6) is -0.957. The summed E-state index contributed by atoms with van der Waals surface area (Å²) in [5, 5.41) is 9.04. The number of nitrogens with one attached hydrogen (secondary N) is 1. The first kappa shape index (κ1) is 18.5. The molecule has 3 N–H and O–H groups in total. The van der Waals surface area contributed by atoms with Crippen molar-refractivity contribution in [2.24, 2.45) is 5.73 Å². The zero-order chi connectivity index (χ0) is 19.6. The summed E-state index contributed by atoms with van der Waals surface area (Å²) in [6.45, 7) is 3.24. The van der Waals surface area contributed by atoms with E-state index in [4.69, 9.17) is 5.73 Å². The fraction of sp³-hybridized carbons (Fsp3) is 0.158. The molecule has 0 saturated carbocycles. The lowest BCUT2D eigenvalue weighted by Gasteiger charge is -2.25. The van der Waals surface area contributed by atoms with Crippen LogP contribution in [0.5, 0.6) is 0 Å². The molecule has 2 aromatic heterocycles. The third-order valence-electron chi connectivity index (χ3n) is 4.09. The van der Waals surface area contributed by atoms with Gasteiger partial charge in [0.2, 0.25) is 5.91 Å². The Labute approximate surface area is 159 Å². The lowest BCUT2D eigenvalue weighted by molar-refractivity contribution is -0.123. The van der Waals surface area contributed by atoms with Crippen LogP contribution in [0.15, 0.2) is 58.7 Å². The third-order valence-corrected chi connectivity index (χ3v) is 4.98. The van der Waals surface area contributed by atoms with E-state index in [9.17, 15) is 14.4 Å². The summed E-state index contributed by atoms with van der Waals surface area (Å²) in [6, 6.07) is 13.0. The summed E-state index contributed by atoms with van der Waals surface area (Å²) < 4.78 is 1.18. The van der Waals surface area contributed by atoms with E-state index in [1.165, 1.54) is 34.2 Å². The third kappa shape index (κ3) is 3.80. The van der Waals surface area contributed by atoms with Gasteiger partial charge in [-0.2, -0.15) is 5.10 Å². The van der Waals surface area contributed by atoms with Gasteiger partial charge in [0.1, 0.15) is 11.2 Å². The van der Waals surface area contributed by atoms with Crippen molar-refractivity contribution in [3.05, 3.63) is 69.8 Å². The monoisotopic (exact) mass is 382 g/mol. The van der Waals surface area contributed by atoms with Gasteiger partial charge < -0.3 is 11.1 Å². The van der Waals surface area contributed by atoms with E-state index < -0.39 is 17.4 Å². The lowest BCUT2D eigenvalue weighted by Crippen LogP contribution is -2.47. The first-order valence-electron chi connectivity index (χ1n) is 8.15. The molecule has 0 unspecified atom stereocenters. The predicted octanol–water partition coefficient (Wildman–Crippen LogP) is 2.44. The second-order valence-corrected chi connectivity index (χ2v) is 7.35. The highest BCUT2D eigenvalue weighted by molar-refractivity contribution is 7.13. The van der Waals surface area contributed by atoms with Gasteiger partial charge >= 0.3 is 0 Å². The van der Waals surface area contributed by atoms with Gasteiger partial charge in [-0.3, -0.25) is 14.4 Å². The number of carbonyl (C=O) groups excluding carboxylic acids is 2. The highest BCUT2D eigenvalue weighted by atomic mass is 32.1. The molecule has 0 bridgehead atoms. The average Bonchev–Trinajstić information content (AvgIpc) is 3.17. The molecule has 3 rings (SSSR count). The molecule has 0 spiro atoms. The molecule has 8 heteroatoms. The van der Waals surface area contributed by atoms with Gasteiger partial charge in [0.05, 0.1) is 4.88 Å². The van der Waals surface area contributed by atoms with Crippen LogP contribution in [0.25, 0.3) is 10.6 Å². The SMILES string of the molecule is CC(C)(C(=O)Nc1ccc(C(N)=O)cc1)n1nc(-c2cccs2)ccc1=O. The predicted molar refractivity (Wildman–Crippen MR) is 105 cm³/mol. The fourth-order valence-corrected chi connectivity index (χ4v) is 3.16. The molecular weight excluding hydrogens is 364 g/mol. The van der Waals surface area contributed by atoms with E-state index in [1.807, 2.05) is 17.5 Å². The van der Waals surface area contributed by atoms with Crippen molar-refractivity contribution < 1.29 is 9.59 Å². The van der Waals surface area contributed by atoms with E-state index in [0.717, 1.165) is 4.88 Å². The Bertz CT molecular complexity index is 1040. The number of benzene rings is 1.